The summed E-state index contributed by atoms with van der Waals surface area (Å²) in [5, 5.41) is 4.37. The van der Waals surface area contributed by atoms with Gasteiger partial charge in [-0.25, -0.2) is 4.79 Å². The Balaban J connectivity index is 2.42. The summed E-state index contributed by atoms with van der Waals surface area (Å²) in [7, 11) is 1.36. The second-order valence-electron chi connectivity index (χ2n) is 4.76. The summed E-state index contributed by atoms with van der Waals surface area (Å²) in [6.45, 7) is 1.75. The quantitative estimate of drug-likeness (QED) is 0.842. The van der Waals surface area contributed by atoms with Crippen molar-refractivity contribution in [2.75, 3.05) is 12.4 Å². The lowest BCUT2D eigenvalue weighted by molar-refractivity contribution is -0.145. The standard InChI is InChI=1S/C16H15Cl2NO2/c1-16(15(20)21-2,11-6-8-12(17)9-7-11)19-14-5-3-4-13(18)10-14/h3-10,19H,1-2H3. The third-order valence-electron chi connectivity index (χ3n) is 3.23. The second-order valence-corrected chi connectivity index (χ2v) is 5.63. The number of halogens is 2. The highest BCUT2D eigenvalue weighted by atomic mass is 35.5. The van der Waals surface area contributed by atoms with Crippen molar-refractivity contribution >= 4 is 34.9 Å². The van der Waals surface area contributed by atoms with Crippen molar-refractivity contribution in [3.8, 4) is 0 Å². The van der Waals surface area contributed by atoms with Crippen LogP contribution in [-0.4, -0.2) is 13.1 Å². The van der Waals surface area contributed by atoms with Crippen LogP contribution in [0.15, 0.2) is 48.5 Å². The van der Waals surface area contributed by atoms with E-state index in [-0.39, 0.29) is 0 Å². The zero-order chi connectivity index (χ0) is 15.5. The smallest absolute Gasteiger partial charge is 0.335 e. The van der Waals surface area contributed by atoms with E-state index < -0.39 is 11.5 Å². The number of ether oxygens (including phenoxy) is 1. The number of nitrogens with one attached hydrogen (secondary N) is 1. The molecule has 0 aliphatic carbocycles. The molecule has 0 saturated heterocycles. The largest absolute Gasteiger partial charge is 0.467 e. The average molecular weight is 324 g/mol. The molecule has 0 aliphatic rings. The van der Waals surface area contributed by atoms with Crippen molar-refractivity contribution in [2.45, 2.75) is 12.5 Å². The van der Waals surface area contributed by atoms with E-state index in [2.05, 4.69) is 5.32 Å². The fourth-order valence-corrected chi connectivity index (χ4v) is 2.40. The molecule has 0 radical (unpaired) electrons. The Hall–Kier alpha value is -1.71. The van der Waals surface area contributed by atoms with Crippen LogP contribution in [0.4, 0.5) is 5.69 Å². The second kappa shape index (κ2) is 6.37. The van der Waals surface area contributed by atoms with Crippen molar-refractivity contribution in [1.82, 2.24) is 0 Å². The van der Waals surface area contributed by atoms with E-state index in [9.17, 15) is 4.79 Å². The number of rotatable bonds is 4. The van der Waals surface area contributed by atoms with Gasteiger partial charge in [0, 0.05) is 15.7 Å². The average Bonchev–Trinajstić information content (AvgIpc) is 2.46. The summed E-state index contributed by atoms with van der Waals surface area (Å²) in [5.74, 6) is -0.398. The van der Waals surface area contributed by atoms with E-state index in [1.165, 1.54) is 7.11 Å². The van der Waals surface area contributed by atoms with Gasteiger partial charge in [-0.2, -0.15) is 0 Å². The lowest BCUT2D eigenvalue weighted by Gasteiger charge is -2.29. The minimum absolute atomic E-state index is 0.398. The van der Waals surface area contributed by atoms with Gasteiger partial charge in [-0.3, -0.25) is 0 Å². The fraction of sp³-hybridized carbons (Fsp3) is 0.188. The molecule has 2 aromatic carbocycles. The zero-order valence-electron chi connectivity index (χ0n) is 11.7. The van der Waals surface area contributed by atoms with Crippen molar-refractivity contribution < 1.29 is 9.53 Å². The first kappa shape index (κ1) is 15.7. The molecule has 1 atom stereocenters. The van der Waals surface area contributed by atoms with Gasteiger partial charge in [0.1, 0.15) is 0 Å². The first-order chi connectivity index (χ1) is 9.95. The van der Waals surface area contributed by atoms with Gasteiger partial charge in [0.05, 0.1) is 7.11 Å². The van der Waals surface area contributed by atoms with Crippen LogP contribution in [0.1, 0.15) is 12.5 Å². The third kappa shape index (κ3) is 3.49. The molecule has 2 aromatic rings. The maximum Gasteiger partial charge on any atom is 0.335 e. The molecule has 0 amide bonds. The maximum absolute atomic E-state index is 12.3. The van der Waals surface area contributed by atoms with E-state index in [0.717, 1.165) is 11.3 Å². The van der Waals surface area contributed by atoms with Crippen LogP contribution in [0.3, 0.4) is 0 Å². The van der Waals surface area contributed by atoms with Gasteiger partial charge in [-0.1, -0.05) is 41.4 Å². The van der Waals surface area contributed by atoms with Gasteiger partial charge >= 0.3 is 5.97 Å². The predicted molar refractivity (Wildman–Crippen MR) is 85.9 cm³/mol. The van der Waals surface area contributed by atoms with E-state index in [4.69, 9.17) is 27.9 Å². The van der Waals surface area contributed by atoms with E-state index >= 15 is 0 Å². The molecule has 0 heterocycles. The number of hydrogen-bond donors (Lipinski definition) is 1. The van der Waals surface area contributed by atoms with Gasteiger partial charge < -0.3 is 10.1 Å². The molecule has 3 nitrogen and oxygen atoms in total. The summed E-state index contributed by atoms with van der Waals surface area (Å²) in [6, 6.07) is 14.2. The van der Waals surface area contributed by atoms with Crippen molar-refractivity contribution in [3.63, 3.8) is 0 Å². The molecule has 0 bridgehead atoms. The summed E-state index contributed by atoms with van der Waals surface area (Å²) in [4.78, 5) is 12.3. The number of benzene rings is 2. The normalized spacial score (nSPS) is 13.3. The molecule has 2 rings (SSSR count). The van der Waals surface area contributed by atoms with Gasteiger partial charge in [-0.15, -0.1) is 0 Å². The molecular weight excluding hydrogens is 309 g/mol. The molecule has 0 saturated carbocycles. The highest BCUT2D eigenvalue weighted by Crippen LogP contribution is 2.29. The molecule has 1 unspecified atom stereocenters. The number of methoxy groups -OCH3 is 1. The Morgan fingerprint density at radius 1 is 1.10 bits per heavy atom. The van der Waals surface area contributed by atoms with Crippen LogP contribution in [0, 0.1) is 0 Å². The number of anilines is 1. The molecule has 0 spiro atoms. The molecule has 1 N–H and O–H groups in total. The molecule has 21 heavy (non-hydrogen) atoms. The van der Waals surface area contributed by atoms with Crippen molar-refractivity contribution in [2.24, 2.45) is 0 Å². The first-order valence-corrected chi connectivity index (χ1v) is 7.09. The number of hydrogen-bond acceptors (Lipinski definition) is 3. The molecule has 0 fully saturated rings. The number of carbonyl (C=O) groups is 1. The topological polar surface area (TPSA) is 38.3 Å². The van der Waals surface area contributed by atoms with E-state index in [1.54, 1.807) is 43.3 Å². The molecule has 0 aliphatic heterocycles. The first-order valence-electron chi connectivity index (χ1n) is 6.34. The van der Waals surface area contributed by atoms with Gasteiger partial charge in [-0.05, 0) is 42.8 Å². The number of carbonyl (C=O) groups excluding carboxylic acids is 1. The van der Waals surface area contributed by atoms with Crippen LogP contribution in [0.5, 0.6) is 0 Å². The van der Waals surface area contributed by atoms with Crippen LogP contribution in [0.2, 0.25) is 10.0 Å². The van der Waals surface area contributed by atoms with E-state index in [1.807, 2.05) is 12.1 Å². The monoisotopic (exact) mass is 323 g/mol. The molecular formula is C16H15Cl2NO2. The highest BCUT2D eigenvalue weighted by Gasteiger charge is 2.36. The van der Waals surface area contributed by atoms with Crippen molar-refractivity contribution in [3.05, 3.63) is 64.1 Å². The van der Waals surface area contributed by atoms with Crippen LogP contribution in [-0.2, 0) is 15.1 Å². The van der Waals surface area contributed by atoms with Crippen LogP contribution >= 0.6 is 23.2 Å². The Morgan fingerprint density at radius 2 is 1.76 bits per heavy atom. The molecule has 0 aromatic heterocycles. The summed E-state index contributed by atoms with van der Waals surface area (Å²) in [5.41, 5.74) is 0.438. The summed E-state index contributed by atoms with van der Waals surface area (Å²) in [6.07, 6.45) is 0. The lowest BCUT2D eigenvalue weighted by atomic mass is 9.91. The van der Waals surface area contributed by atoms with Crippen molar-refractivity contribution in [1.29, 1.82) is 0 Å². The van der Waals surface area contributed by atoms with Crippen LogP contribution in [0.25, 0.3) is 0 Å². The van der Waals surface area contributed by atoms with Gasteiger partial charge in [0.25, 0.3) is 0 Å². The Labute approximate surface area is 133 Å². The lowest BCUT2D eigenvalue weighted by Crippen LogP contribution is -2.41. The Bertz CT molecular complexity index is 643. The minimum atomic E-state index is -1.04. The maximum atomic E-state index is 12.3. The SMILES string of the molecule is COC(=O)C(C)(Nc1cccc(Cl)c1)c1ccc(Cl)cc1. The van der Waals surface area contributed by atoms with Gasteiger partial charge in [0.15, 0.2) is 5.54 Å². The highest BCUT2D eigenvalue weighted by molar-refractivity contribution is 6.31. The number of esters is 1. The van der Waals surface area contributed by atoms with Crippen LogP contribution < -0.4 is 5.32 Å². The summed E-state index contributed by atoms with van der Waals surface area (Å²) >= 11 is 11.9. The minimum Gasteiger partial charge on any atom is -0.467 e. The molecule has 110 valence electrons. The molecule has 5 heteroatoms. The van der Waals surface area contributed by atoms with E-state index in [0.29, 0.717) is 10.0 Å². The van der Waals surface area contributed by atoms with Gasteiger partial charge in [0.2, 0.25) is 0 Å². The zero-order valence-corrected chi connectivity index (χ0v) is 13.2. The Morgan fingerprint density at radius 3 is 2.33 bits per heavy atom. The fourth-order valence-electron chi connectivity index (χ4n) is 2.08. The summed E-state index contributed by atoms with van der Waals surface area (Å²) < 4.78 is 4.94. The third-order valence-corrected chi connectivity index (χ3v) is 3.72. The predicted octanol–water partition coefficient (Wildman–Crippen LogP) is 4.49. The Kier molecular flexibility index (Phi) is 4.76.